The molecule has 1 fully saturated rings. The lowest BCUT2D eigenvalue weighted by molar-refractivity contribution is -0.144. The first kappa shape index (κ1) is 27.9. The quantitative estimate of drug-likeness (QED) is 0.352. The SMILES string of the molecule is CCC(C)C(N)C(=O)N1CCCC1C(=O)NC(C(=O)NC(CC(C)C)C(=O)O)C(C)CC. The number of carboxylic acids is 1. The Morgan fingerprint density at radius 2 is 1.62 bits per heavy atom. The van der Waals surface area contributed by atoms with Crippen molar-refractivity contribution in [2.24, 2.45) is 23.5 Å². The van der Waals surface area contributed by atoms with E-state index in [-0.39, 0.29) is 23.7 Å². The molecule has 6 unspecified atom stereocenters. The van der Waals surface area contributed by atoms with Crippen LogP contribution in [-0.4, -0.2) is 64.4 Å². The highest BCUT2D eigenvalue weighted by molar-refractivity contribution is 5.94. The summed E-state index contributed by atoms with van der Waals surface area (Å²) in [5.74, 6) is -2.39. The molecule has 0 radical (unpaired) electrons. The molecule has 1 aliphatic rings. The van der Waals surface area contributed by atoms with E-state index in [0.29, 0.717) is 32.2 Å². The second-order valence-electron chi connectivity index (χ2n) is 9.50. The van der Waals surface area contributed by atoms with E-state index in [1.165, 1.54) is 4.90 Å². The minimum atomic E-state index is -1.10. The van der Waals surface area contributed by atoms with Crippen LogP contribution in [0.4, 0.5) is 0 Å². The lowest BCUT2D eigenvalue weighted by atomic mass is 9.96. The average Bonchev–Trinajstić information content (AvgIpc) is 3.24. The first-order valence-corrected chi connectivity index (χ1v) is 11.8. The molecular weight excluding hydrogens is 412 g/mol. The van der Waals surface area contributed by atoms with Gasteiger partial charge in [-0.05, 0) is 37.0 Å². The predicted octanol–water partition coefficient (Wildman–Crippen LogP) is 1.50. The van der Waals surface area contributed by atoms with Gasteiger partial charge in [0.05, 0.1) is 6.04 Å². The zero-order valence-corrected chi connectivity index (χ0v) is 20.4. The second-order valence-corrected chi connectivity index (χ2v) is 9.50. The number of nitrogens with zero attached hydrogens (tertiary/aromatic N) is 1. The molecule has 9 heteroatoms. The van der Waals surface area contributed by atoms with E-state index in [9.17, 15) is 24.3 Å². The maximum atomic E-state index is 13.1. The van der Waals surface area contributed by atoms with Crippen molar-refractivity contribution in [3.05, 3.63) is 0 Å². The molecule has 3 amide bonds. The van der Waals surface area contributed by atoms with Crippen molar-refractivity contribution in [1.29, 1.82) is 0 Å². The molecule has 0 saturated carbocycles. The fourth-order valence-electron chi connectivity index (χ4n) is 3.90. The van der Waals surface area contributed by atoms with E-state index in [1.54, 1.807) is 0 Å². The number of carbonyl (C=O) groups is 4. The number of carbonyl (C=O) groups excluding carboxylic acids is 3. The van der Waals surface area contributed by atoms with Crippen LogP contribution in [0.15, 0.2) is 0 Å². The van der Waals surface area contributed by atoms with Gasteiger partial charge in [-0.2, -0.15) is 0 Å². The summed E-state index contributed by atoms with van der Waals surface area (Å²) in [6.45, 7) is 11.8. The summed E-state index contributed by atoms with van der Waals surface area (Å²) in [4.78, 5) is 52.0. The number of nitrogens with two attached hydrogens (primary N) is 1. The molecule has 0 aliphatic carbocycles. The van der Waals surface area contributed by atoms with Crippen LogP contribution in [0.5, 0.6) is 0 Å². The number of rotatable bonds is 12. The molecule has 184 valence electrons. The van der Waals surface area contributed by atoms with Gasteiger partial charge in [-0.15, -0.1) is 0 Å². The number of nitrogens with one attached hydrogen (secondary N) is 2. The lowest BCUT2D eigenvalue weighted by Crippen LogP contribution is -2.58. The van der Waals surface area contributed by atoms with Gasteiger partial charge in [0.25, 0.3) is 0 Å². The fourth-order valence-corrected chi connectivity index (χ4v) is 3.90. The molecule has 1 aliphatic heterocycles. The smallest absolute Gasteiger partial charge is 0.326 e. The topological polar surface area (TPSA) is 142 Å². The Labute approximate surface area is 191 Å². The maximum Gasteiger partial charge on any atom is 0.326 e. The van der Waals surface area contributed by atoms with Crippen LogP contribution in [0.3, 0.4) is 0 Å². The zero-order chi connectivity index (χ0) is 24.6. The van der Waals surface area contributed by atoms with Crippen LogP contribution in [0, 0.1) is 17.8 Å². The van der Waals surface area contributed by atoms with Crippen molar-refractivity contribution in [1.82, 2.24) is 15.5 Å². The first-order chi connectivity index (χ1) is 14.9. The number of likely N-dealkylation sites (tertiary alicyclic amines) is 1. The molecule has 0 bridgehead atoms. The predicted molar refractivity (Wildman–Crippen MR) is 123 cm³/mol. The second kappa shape index (κ2) is 12.8. The largest absolute Gasteiger partial charge is 0.480 e. The zero-order valence-electron chi connectivity index (χ0n) is 20.4. The highest BCUT2D eigenvalue weighted by Gasteiger charge is 2.39. The van der Waals surface area contributed by atoms with Crippen molar-refractivity contribution >= 4 is 23.7 Å². The van der Waals surface area contributed by atoms with E-state index in [4.69, 9.17) is 5.73 Å². The van der Waals surface area contributed by atoms with Gasteiger partial charge in [0, 0.05) is 6.54 Å². The third kappa shape index (κ3) is 7.46. The molecule has 0 aromatic heterocycles. The Kier molecular flexibility index (Phi) is 11.1. The van der Waals surface area contributed by atoms with Crippen molar-refractivity contribution in [2.75, 3.05) is 6.54 Å². The molecule has 0 aromatic rings. The molecule has 6 atom stereocenters. The summed E-state index contributed by atoms with van der Waals surface area (Å²) in [7, 11) is 0. The highest BCUT2D eigenvalue weighted by atomic mass is 16.4. The Bertz CT molecular complexity index is 669. The van der Waals surface area contributed by atoms with Crippen LogP contribution < -0.4 is 16.4 Å². The summed E-state index contributed by atoms with van der Waals surface area (Å²) in [5.41, 5.74) is 6.11. The van der Waals surface area contributed by atoms with Gasteiger partial charge >= 0.3 is 5.97 Å². The van der Waals surface area contributed by atoms with Gasteiger partial charge in [-0.3, -0.25) is 14.4 Å². The Hall–Kier alpha value is -2.16. The molecule has 1 rings (SSSR count). The summed E-state index contributed by atoms with van der Waals surface area (Å²) >= 11 is 0. The van der Waals surface area contributed by atoms with Gasteiger partial charge in [0.1, 0.15) is 18.1 Å². The third-order valence-electron chi connectivity index (χ3n) is 6.50. The van der Waals surface area contributed by atoms with Crippen LogP contribution in [0.25, 0.3) is 0 Å². The summed E-state index contributed by atoms with van der Waals surface area (Å²) in [6.07, 6.45) is 2.86. The lowest BCUT2D eigenvalue weighted by Gasteiger charge is -2.31. The number of hydrogen-bond acceptors (Lipinski definition) is 5. The van der Waals surface area contributed by atoms with Crippen molar-refractivity contribution in [3.63, 3.8) is 0 Å². The average molecular weight is 455 g/mol. The van der Waals surface area contributed by atoms with E-state index >= 15 is 0 Å². The molecule has 32 heavy (non-hydrogen) atoms. The summed E-state index contributed by atoms with van der Waals surface area (Å²) < 4.78 is 0. The summed E-state index contributed by atoms with van der Waals surface area (Å²) in [6, 6.07) is -3.26. The van der Waals surface area contributed by atoms with E-state index in [0.717, 1.165) is 6.42 Å². The molecule has 1 saturated heterocycles. The van der Waals surface area contributed by atoms with E-state index in [1.807, 2.05) is 41.5 Å². The van der Waals surface area contributed by atoms with Gasteiger partial charge < -0.3 is 26.4 Å². The van der Waals surface area contributed by atoms with Crippen molar-refractivity contribution in [3.8, 4) is 0 Å². The molecule has 0 aromatic carbocycles. The molecular formula is C23H42N4O5. The number of hydrogen-bond donors (Lipinski definition) is 4. The van der Waals surface area contributed by atoms with Gasteiger partial charge in [0.15, 0.2) is 0 Å². The Morgan fingerprint density at radius 3 is 2.12 bits per heavy atom. The van der Waals surface area contributed by atoms with Crippen molar-refractivity contribution < 1.29 is 24.3 Å². The molecule has 9 nitrogen and oxygen atoms in total. The molecule has 0 spiro atoms. The Balaban J connectivity index is 2.96. The third-order valence-corrected chi connectivity index (χ3v) is 6.50. The number of carboxylic acid groups (broad SMARTS) is 1. The monoisotopic (exact) mass is 454 g/mol. The molecule has 1 heterocycles. The molecule has 5 N–H and O–H groups in total. The fraction of sp³-hybridized carbons (Fsp3) is 0.826. The highest BCUT2D eigenvalue weighted by Crippen LogP contribution is 2.21. The number of aliphatic carboxylic acids is 1. The van der Waals surface area contributed by atoms with Crippen LogP contribution in [0.1, 0.15) is 73.6 Å². The Morgan fingerprint density at radius 1 is 1.03 bits per heavy atom. The minimum absolute atomic E-state index is 0.000592. The van der Waals surface area contributed by atoms with Crippen LogP contribution >= 0.6 is 0 Å². The van der Waals surface area contributed by atoms with Gasteiger partial charge in [0.2, 0.25) is 17.7 Å². The summed E-state index contributed by atoms with van der Waals surface area (Å²) in [5, 5.41) is 14.8. The van der Waals surface area contributed by atoms with Crippen LogP contribution in [0.2, 0.25) is 0 Å². The maximum absolute atomic E-state index is 13.1. The van der Waals surface area contributed by atoms with Crippen molar-refractivity contribution in [2.45, 2.75) is 97.8 Å². The minimum Gasteiger partial charge on any atom is -0.480 e. The standard InChI is InChI=1S/C23H42N4O5/c1-7-14(5)18(24)22(30)27-11-9-10-17(27)20(28)26-19(15(6)8-2)21(29)25-16(23(31)32)12-13(3)4/h13-19H,7-12,24H2,1-6H3,(H,25,29)(H,26,28)(H,31,32). The van der Waals surface area contributed by atoms with Gasteiger partial charge in [-0.1, -0.05) is 54.4 Å². The van der Waals surface area contributed by atoms with E-state index in [2.05, 4.69) is 10.6 Å². The van der Waals surface area contributed by atoms with Crippen LogP contribution in [-0.2, 0) is 19.2 Å². The normalized spacial score (nSPS) is 20.9. The first-order valence-electron chi connectivity index (χ1n) is 11.8. The number of amides is 3. The van der Waals surface area contributed by atoms with Gasteiger partial charge in [-0.25, -0.2) is 4.79 Å². The van der Waals surface area contributed by atoms with E-state index < -0.39 is 42.0 Å².